The maximum atomic E-state index is 5.67. The molecule has 15 heavy (non-hydrogen) atoms. The zero-order valence-electron chi connectivity index (χ0n) is 9.66. The molecule has 0 saturated heterocycles. The summed E-state index contributed by atoms with van der Waals surface area (Å²) in [7, 11) is 0. The maximum absolute atomic E-state index is 5.67. The lowest BCUT2D eigenvalue weighted by Gasteiger charge is -2.11. The Kier molecular flexibility index (Phi) is 5.67. The van der Waals surface area contributed by atoms with Crippen molar-refractivity contribution in [1.82, 2.24) is 0 Å². The lowest BCUT2D eigenvalue weighted by atomic mass is 10.2. The second-order valence-electron chi connectivity index (χ2n) is 3.44. The van der Waals surface area contributed by atoms with Crippen LogP contribution in [0.4, 0.5) is 0 Å². The van der Waals surface area contributed by atoms with Crippen molar-refractivity contribution in [2.75, 3.05) is 13.2 Å². The van der Waals surface area contributed by atoms with E-state index in [2.05, 4.69) is 6.92 Å². The van der Waals surface area contributed by atoms with Gasteiger partial charge in [0.2, 0.25) is 0 Å². The molecule has 0 atom stereocenters. The Morgan fingerprint density at radius 2 is 1.60 bits per heavy atom. The minimum absolute atomic E-state index is 0.676. The fraction of sp³-hybridized carbons (Fsp3) is 0.538. The summed E-state index contributed by atoms with van der Waals surface area (Å²) in [6, 6.07) is 7.83. The van der Waals surface area contributed by atoms with E-state index >= 15 is 0 Å². The molecule has 0 bridgehead atoms. The van der Waals surface area contributed by atoms with Gasteiger partial charge in [-0.05, 0) is 25.5 Å². The van der Waals surface area contributed by atoms with Crippen LogP contribution in [-0.2, 0) is 0 Å². The average molecular weight is 208 g/mol. The van der Waals surface area contributed by atoms with Crippen LogP contribution in [0.3, 0.4) is 0 Å². The molecule has 2 heteroatoms. The fourth-order valence-corrected chi connectivity index (χ4v) is 1.38. The predicted octanol–water partition coefficient (Wildman–Crippen LogP) is 3.65. The van der Waals surface area contributed by atoms with Crippen LogP contribution < -0.4 is 9.47 Å². The van der Waals surface area contributed by atoms with Crippen LogP contribution in [0.5, 0.6) is 11.5 Å². The molecule has 84 valence electrons. The van der Waals surface area contributed by atoms with Gasteiger partial charge in [-0.3, -0.25) is 0 Å². The Hall–Kier alpha value is -1.18. The first-order valence-corrected chi connectivity index (χ1v) is 5.73. The van der Waals surface area contributed by atoms with Crippen LogP contribution in [0.1, 0.15) is 33.1 Å². The van der Waals surface area contributed by atoms with Crippen LogP contribution in [0.25, 0.3) is 0 Å². The predicted molar refractivity (Wildman–Crippen MR) is 62.6 cm³/mol. The molecule has 1 aromatic carbocycles. The van der Waals surface area contributed by atoms with Gasteiger partial charge in [0.05, 0.1) is 13.2 Å². The summed E-state index contributed by atoms with van der Waals surface area (Å²) in [6.45, 7) is 5.62. The van der Waals surface area contributed by atoms with Gasteiger partial charge in [-0.2, -0.15) is 0 Å². The monoisotopic (exact) mass is 208 g/mol. The van der Waals surface area contributed by atoms with Crippen LogP contribution in [0.2, 0.25) is 0 Å². The van der Waals surface area contributed by atoms with E-state index < -0.39 is 0 Å². The van der Waals surface area contributed by atoms with Crippen molar-refractivity contribution in [2.45, 2.75) is 33.1 Å². The van der Waals surface area contributed by atoms with Gasteiger partial charge in [-0.25, -0.2) is 0 Å². The molecule has 0 aliphatic rings. The quantitative estimate of drug-likeness (QED) is 0.637. The lowest BCUT2D eigenvalue weighted by Crippen LogP contribution is -2.00. The zero-order chi connectivity index (χ0) is 10.9. The van der Waals surface area contributed by atoms with Gasteiger partial charge in [0, 0.05) is 0 Å². The first-order valence-electron chi connectivity index (χ1n) is 5.73. The van der Waals surface area contributed by atoms with Crippen molar-refractivity contribution in [3.8, 4) is 11.5 Å². The molecular formula is C13H20O2. The van der Waals surface area contributed by atoms with Crippen LogP contribution >= 0.6 is 0 Å². The SMILES string of the molecule is CCCCCOc1ccccc1OCC. The standard InChI is InChI=1S/C13H20O2/c1-3-5-8-11-15-13-10-7-6-9-12(13)14-4-2/h6-7,9-10H,3-5,8,11H2,1-2H3. The minimum Gasteiger partial charge on any atom is -0.490 e. The van der Waals surface area contributed by atoms with E-state index in [0.29, 0.717) is 6.61 Å². The zero-order valence-corrected chi connectivity index (χ0v) is 9.66. The van der Waals surface area contributed by atoms with Crippen molar-refractivity contribution < 1.29 is 9.47 Å². The van der Waals surface area contributed by atoms with Gasteiger partial charge in [-0.15, -0.1) is 0 Å². The van der Waals surface area contributed by atoms with Gasteiger partial charge in [0.1, 0.15) is 0 Å². The first kappa shape index (κ1) is 11.9. The molecule has 0 heterocycles. The fourth-order valence-electron chi connectivity index (χ4n) is 1.38. The summed E-state index contributed by atoms with van der Waals surface area (Å²) in [4.78, 5) is 0. The molecule has 0 radical (unpaired) electrons. The largest absolute Gasteiger partial charge is 0.490 e. The van der Waals surface area contributed by atoms with E-state index in [4.69, 9.17) is 9.47 Å². The molecule has 1 aromatic rings. The Bertz CT molecular complexity index is 271. The third-order valence-electron chi connectivity index (χ3n) is 2.15. The van der Waals surface area contributed by atoms with E-state index in [1.54, 1.807) is 0 Å². The second-order valence-corrected chi connectivity index (χ2v) is 3.44. The normalized spacial score (nSPS) is 10.0. The molecule has 0 amide bonds. The first-order chi connectivity index (χ1) is 7.38. The highest BCUT2D eigenvalue weighted by Gasteiger charge is 2.02. The molecule has 0 unspecified atom stereocenters. The van der Waals surface area contributed by atoms with Gasteiger partial charge in [-0.1, -0.05) is 31.9 Å². The van der Waals surface area contributed by atoms with E-state index in [1.165, 1.54) is 12.8 Å². The topological polar surface area (TPSA) is 18.5 Å². The van der Waals surface area contributed by atoms with Crippen molar-refractivity contribution >= 4 is 0 Å². The van der Waals surface area contributed by atoms with Gasteiger partial charge < -0.3 is 9.47 Å². The summed E-state index contributed by atoms with van der Waals surface area (Å²) < 4.78 is 11.1. The summed E-state index contributed by atoms with van der Waals surface area (Å²) in [5, 5.41) is 0. The van der Waals surface area contributed by atoms with Crippen LogP contribution in [0.15, 0.2) is 24.3 Å². The number of hydrogen-bond acceptors (Lipinski definition) is 2. The third kappa shape index (κ3) is 4.24. The lowest BCUT2D eigenvalue weighted by molar-refractivity contribution is 0.271. The second kappa shape index (κ2) is 7.16. The average Bonchev–Trinajstić information content (AvgIpc) is 2.27. The van der Waals surface area contributed by atoms with E-state index in [0.717, 1.165) is 24.5 Å². The molecule has 0 aromatic heterocycles. The Morgan fingerprint density at radius 3 is 2.20 bits per heavy atom. The van der Waals surface area contributed by atoms with Gasteiger partial charge >= 0.3 is 0 Å². The minimum atomic E-state index is 0.676. The number of unbranched alkanes of at least 4 members (excludes halogenated alkanes) is 2. The van der Waals surface area contributed by atoms with E-state index in [9.17, 15) is 0 Å². The van der Waals surface area contributed by atoms with Crippen molar-refractivity contribution in [3.63, 3.8) is 0 Å². The Morgan fingerprint density at radius 1 is 0.933 bits per heavy atom. The number of benzene rings is 1. The molecule has 0 spiro atoms. The Labute approximate surface area is 92.2 Å². The molecule has 0 aliphatic carbocycles. The molecule has 0 saturated carbocycles. The number of ether oxygens (including phenoxy) is 2. The molecule has 0 aliphatic heterocycles. The summed E-state index contributed by atoms with van der Waals surface area (Å²) in [6.07, 6.45) is 3.55. The summed E-state index contributed by atoms with van der Waals surface area (Å²) in [5.41, 5.74) is 0. The number of hydrogen-bond donors (Lipinski definition) is 0. The van der Waals surface area contributed by atoms with Crippen molar-refractivity contribution in [2.24, 2.45) is 0 Å². The number of para-hydroxylation sites is 2. The van der Waals surface area contributed by atoms with Crippen LogP contribution in [-0.4, -0.2) is 13.2 Å². The highest BCUT2D eigenvalue weighted by atomic mass is 16.5. The van der Waals surface area contributed by atoms with E-state index in [-0.39, 0.29) is 0 Å². The van der Waals surface area contributed by atoms with Gasteiger partial charge in [0.15, 0.2) is 11.5 Å². The van der Waals surface area contributed by atoms with Crippen molar-refractivity contribution in [1.29, 1.82) is 0 Å². The summed E-state index contributed by atoms with van der Waals surface area (Å²) in [5.74, 6) is 1.70. The Balaban J connectivity index is 2.44. The highest BCUT2D eigenvalue weighted by molar-refractivity contribution is 5.39. The third-order valence-corrected chi connectivity index (χ3v) is 2.15. The van der Waals surface area contributed by atoms with Crippen molar-refractivity contribution in [3.05, 3.63) is 24.3 Å². The summed E-state index contributed by atoms with van der Waals surface area (Å²) >= 11 is 0. The van der Waals surface area contributed by atoms with Gasteiger partial charge in [0.25, 0.3) is 0 Å². The van der Waals surface area contributed by atoms with Crippen LogP contribution in [0, 0.1) is 0 Å². The maximum Gasteiger partial charge on any atom is 0.161 e. The molecular weight excluding hydrogens is 188 g/mol. The number of rotatable bonds is 7. The van der Waals surface area contributed by atoms with E-state index in [1.807, 2.05) is 31.2 Å². The smallest absolute Gasteiger partial charge is 0.161 e. The molecule has 0 N–H and O–H groups in total. The highest BCUT2D eigenvalue weighted by Crippen LogP contribution is 2.26. The molecule has 0 fully saturated rings. The molecule has 2 nitrogen and oxygen atoms in total. The molecule has 1 rings (SSSR count).